The van der Waals surface area contributed by atoms with E-state index in [1.54, 1.807) is 0 Å². The van der Waals surface area contributed by atoms with Gasteiger partial charge in [-0.2, -0.15) is 0 Å². The van der Waals surface area contributed by atoms with Crippen molar-refractivity contribution in [2.24, 2.45) is 0 Å². The number of para-hydroxylation sites is 3. The molecule has 8 aromatic rings. The van der Waals surface area contributed by atoms with E-state index in [0.29, 0.717) is 0 Å². The van der Waals surface area contributed by atoms with Crippen LogP contribution in [0.1, 0.15) is 74.9 Å². The number of aromatic nitrogens is 2. The van der Waals surface area contributed by atoms with Crippen LogP contribution in [0.2, 0.25) is 0 Å². The van der Waals surface area contributed by atoms with Gasteiger partial charge in [-0.1, -0.05) is 145 Å². The van der Waals surface area contributed by atoms with Crippen LogP contribution in [-0.4, -0.2) is 9.55 Å². The van der Waals surface area contributed by atoms with Gasteiger partial charge in [-0.25, -0.2) is 4.98 Å². The van der Waals surface area contributed by atoms with E-state index in [1.165, 1.54) is 72.0 Å². The van der Waals surface area contributed by atoms with Crippen LogP contribution in [0.4, 0.5) is 17.1 Å². The Morgan fingerprint density at radius 3 is 1.41 bits per heavy atom. The highest BCUT2D eigenvalue weighted by molar-refractivity contribution is 6.24. The normalized spacial score (nSPS) is 16.9. The summed E-state index contributed by atoms with van der Waals surface area (Å²) in [6.45, 7) is 14.5. The van der Waals surface area contributed by atoms with E-state index < -0.39 is 0 Å². The lowest BCUT2D eigenvalue weighted by molar-refractivity contribution is 0.567. The Labute approximate surface area is 298 Å². The average Bonchev–Trinajstić information content (AvgIpc) is 3.55. The molecule has 0 amide bonds. The number of fused-ring (bicyclic) bond motifs is 6. The van der Waals surface area contributed by atoms with Gasteiger partial charge in [-0.15, -0.1) is 0 Å². The standard InChI is InChI=1S/C48H39N3/c1-46(2)34-22-14-24-36-42(34)51-43-35(46)23-15-25-37(43)48(5,6)39-27-28(26-38(44(39)51)47(36,3)4)45-49-40-32-20-12-10-18-30(32)31-19-11-13-21-33(31)41(40)50(45)29-16-8-7-9-17-29/h7-27H,1-6H3. The first-order chi connectivity index (χ1) is 24.6. The minimum absolute atomic E-state index is 0.111. The predicted molar refractivity (Wildman–Crippen MR) is 213 cm³/mol. The molecule has 3 aliphatic rings. The summed E-state index contributed by atoms with van der Waals surface area (Å²) in [5.74, 6) is 0.974. The van der Waals surface area contributed by atoms with E-state index in [4.69, 9.17) is 4.98 Å². The molecule has 0 bridgehead atoms. The first kappa shape index (κ1) is 29.1. The van der Waals surface area contributed by atoms with Crippen molar-refractivity contribution < 1.29 is 0 Å². The summed E-state index contributed by atoms with van der Waals surface area (Å²) in [5.41, 5.74) is 16.3. The van der Waals surface area contributed by atoms with Crippen LogP contribution >= 0.6 is 0 Å². The van der Waals surface area contributed by atoms with Crippen LogP contribution in [0.3, 0.4) is 0 Å². The fraction of sp³-hybridized carbons (Fsp3) is 0.188. The second-order valence-corrected chi connectivity index (χ2v) is 16.4. The molecule has 0 aliphatic carbocycles. The third-order valence-electron chi connectivity index (χ3n) is 12.7. The number of nitrogens with zero attached hydrogens (tertiary/aromatic N) is 3. The predicted octanol–water partition coefficient (Wildman–Crippen LogP) is 12.4. The Hall–Kier alpha value is -5.67. The maximum atomic E-state index is 5.67. The summed E-state index contributed by atoms with van der Waals surface area (Å²) < 4.78 is 2.42. The Bertz CT molecular complexity index is 2740. The zero-order valence-corrected chi connectivity index (χ0v) is 30.0. The fourth-order valence-corrected chi connectivity index (χ4v) is 10.0. The van der Waals surface area contributed by atoms with E-state index in [2.05, 4.69) is 178 Å². The zero-order valence-electron chi connectivity index (χ0n) is 30.0. The molecule has 0 N–H and O–H groups in total. The van der Waals surface area contributed by atoms with Crippen LogP contribution in [0, 0.1) is 0 Å². The van der Waals surface area contributed by atoms with Crippen molar-refractivity contribution >= 4 is 49.6 Å². The van der Waals surface area contributed by atoms with Crippen LogP contribution < -0.4 is 4.90 Å². The summed E-state index contributed by atoms with van der Waals surface area (Å²) in [6, 6.07) is 47.4. The van der Waals surface area contributed by atoms with Gasteiger partial charge in [0.2, 0.25) is 0 Å². The van der Waals surface area contributed by atoms with Gasteiger partial charge in [-0.05, 0) is 68.4 Å². The summed E-state index contributed by atoms with van der Waals surface area (Å²) in [6.07, 6.45) is 0. The topological polar surface area (TPSA) is 21.1 Å². The molecule has 7 aromatic carbocycles. The molecular formula is C48H39N3. The maximum Gasteiger partial charge on any atom is 0.145 e. The Balaban J connectivity index is 1.30. The van der Waals surface area contributed by atoms with Crippen molar-refractivity contribution in [1.29, 1.82) is 0 Å². The Morgan fingerprint density at radius 1 is 0.431 bits per heavy atom. The van der Waals surface area contributed by atoms with Crippen molar-refractivity contribution in [2.45, 2.75) is 57.8 Å². The van der Waals surface area contributed by atoms with Crippen molar-refractivity contribution in [2.75, 3.05) is 4.90 Å². The molecule has 11 rings (SSSR count). The smallest absolute Gasteiger partial charge is 0.145 e. The lowest BCUT2D eigenvalue weighted by Gasteiger charge is -2.55. The third kappa shape index (κ3) is 3.42. The van der Waals surface area contributed by atoms with E-state index in [1.807, 2.05) is 0 Å². The van der Waals surface area contributed by atoms with Gasteiger partial charge in [0.25, 0.3) is 0 Å². The van der Waals surface area contributed by atoms with Crippen molar-refractivity contribution in [1.82, 2.24) is 9.55 Å². The summed E-state index contributed by atoms with van der Waals surface area (Å²) in [7, 11) is 0. The second-order valence-electron chi connectivity index (χ2n) is 16.4. The van der Waals surface area contributed by atoms with Gasteiger partial charge in [0, 0.05) is 38.3 Å². The second kappa shape index (κ2) is 9.35. The molecule has 0 radical (unpaired) electrons. The minimum Gasteiger partial charge on any atom is -0.309 e. The van der Waals surface area contributed by atoms with Crippen LogP contribution in [-0.2, 0) is 16.2 Å². The van der Waals surface area contributed by atoms with Crippen LogP contribution in [0.5, 0.6) is 0 Å². The molecule has 3 nitrogen and oxygen atoms in total. The number of anilines is 3. The van der Waals surface area contributed by atoms with Crippen LogP contribution in [0.25, 0.3) is 49.7 Å². The molecule has 246 valence electrons. The first-order valence-electron chi connectivity index (χ1n) is 18.2. The highest BCUT2D eigenvalue weighted by Crippen LogP contribution is 2.66. The summed E-state index contributed by atoms with van der Waals surface area (Å²) in [5, 5.41) is 4.88. The Kier molecular flexibility index (Phi) is 5.34. The van der Waals surface area contributed by atoms with Crippen LogP contribution in [0.15, 0.2) is 127 Å². The van der Waals surface area contributed by atoms with Crippen molar-refractivity contribution in [3.05, 3.63) is 161 Å². The molecule has 4 heterocycles. The van der Waals surface area contributed by atoms with E-state index >= 15 is 0 Å². The quantitative estimate of drug-likeness (QED) is 0.173. The number of imidazole rings is 1. The van der Waals surface area contributed by atoms with Gasteiger partial charge in [0.1, 0.15) is 5.82 Å². The number of rotatable bonds is 2. The molecule has 0 saturated carbocycles. The van der Waals surface area contributed by atoms with Gasteiger partial charge >= 0.3 is 0 Å². The summed E-state index contributed by atoms with van der Waals surface area (Å²) in [4.78, 5) is 8.32. The SMILES string of the molecule is CC1(C)c2cccc3c2N2c4c1cccc4C(C)(C)c1cc(-c4nc5c6ccccc6c6ccccc6c5n4-c4ccccc4)cc(c12)C3(C)C. The molecule has 3 heteroatoms. The molecule has 3 aliphatic heterocycles. The molecule has 0 fully saturated rings. The number of benzene rings is 7. The monoisotopic (exact) mass is 657 g/mol. The molecule has 0 spiro atoms. The highest BCUT2D eigenvalue weighted by atomic mass is 15.2. The molecule has 1 aromatic heterocycles. The van der Waals surface area contributed by atoms with E-state index in [9.17, 15) is 0 Å². The van der Waals surface area contributed by atoms with Crippen molar-refractivity contribution in [3.8, 4) is 17.1 Å². The van der Waals surface area contributed by atoms with Crippen molar-refractivity contribution in [3.63, 3.8) is 0 Å². The van der Waals surface area contributed by atoms with E-state index in [0.717, 1.165) is 28.1 Å². The molecule has 51 heavy (non-hydrogen) atoms. The minimum atomic E-state index is -0.235. The van der Waals surface area contributed by atoms with E-state index in [-0.39, 0.29) is 16.2 Å². The third-order valence-corrected chi connectivity index (χ3v) is 12.7. The molecule has 0 unspecified atom stereocenters. The molecule has 0 atom stereocenters. The highest BCUT2D eigenvalue weighted by Gasteiger charge is 2.51. The Morgan fingerprint density at radius 2 is 0.863 bits per heavy atom. The number of hydrogen-bond donors (Lipinski definition) is 0. The average molecular weight is 658 g/mol. The molecular weight excluding hydrogens is 619 g/mol. The fourth-order valence-electron chi connectivity index (χ4n) is 10.0. The van der Waals surface area contributed by atoms with Gasteiger partial charge in [0.05, 0.1) is 28.1 Å². The first-order valence-corrected chi connectivity index (χ1v) is 18.2. The lowest BCUT2D eigenvalue weighted by Crippen LogP contribution is -2.43. The zero-order chi connectivity index (χ0) is 34.6. The molecule has 0 saturated heterocycles. The van der Waals surface area contributed by atoms with Gasteiger partial charge < -0.3 is 4.90 Å². The largest absolute Gasteiger partial charge is 0.309 e. The van der Waals surface area contributed by atoms with Gasteiger partial charge in [0.15, 0.2) is 0 Å². The lowest BCUT2D eigenvalue weighted by atomic mass is 9.60. The number of hydrogen-bond acceptors (Lipinski definition) is 2. The van der Waals surface area contributed by atoms with Gasteiger partial charge in [-0.3, -0.25) is 4.57 Å². The summed E-state index contributed by atoms with van der Waals surface area (Å²) >= 11 is 0. The maximum absolute atomic E-state index is 5.67.